The van der Waals surface area contributed by atoms with Crippen LogP contribution in [-0.2, 0) is 19.6 Å². The van der Waals surface area contributed by atoms with Gasteiger partial charge < -0.3 is 14.8 Å². The monoisotopic (exact) mass is 404 g/mol. The first-order chi connectivity index (χ1) is 13.2. The van der Waals surface area contributed by atoms with E-state index in [1.54, 1.807) is 24.3 Å². The summed E-state index contributed by atoms with van der Waals surface area (Å²) in [6.45, 7) is 4.85. The van der Waals surface area contributed by atoms with Crippen LogP contribution >= 0.6 is 0 Å². The molecule has 0 spiro atoms. The molecule has 0 aliphatic carbocycles. The molecule has 0 saturated carbocycles. The molecule has 1 aliphatic heterocycles. The molecule has 2 aromatic carbocycles. The van der Waals surface area contributed by atoms with Gasteiger partial charge in [-0.1, -0.05) is 19.1 Å². The van der Waals surface area contributed by atoms with Gasteiger partial charge in [-0.25, -0.2) is 13.1 Å². The first-order valence-corrected chi connectivity index (χ1v) is 10.3. The van der Waals surface area contributed by atoms with Gasteiger partial charge in [0.1, 0.15) is 5.75 Å². The maximum Gasteiger partial charge on any atom is 0.240 e. The summed E-state index contributed by atoms with van der Waals surface area (Å²) >= 11 is 0. The van der Waals surface area contributed by atoms with Crippen LogP contribution in [0.3, 0.4) is 0 Å². The van der Waals surface area contributed by atoms with Crippen molar-refractivity contribution in [2.45, 2.75) is 18.7 Å². The molecular weight excluding hydrogens is 380 g/mol. The first kappa shape index (κ1) is 20.3. The average Bonchev–Trinajstić information content (AvgIpc) is 2.64. The van der Waals surface area contributed by atoms with Crippen LogP contribution < -0.4 is 14.8 Å². The Kier molecular flexibility index (Phi) is 5.74. The molecule has 0 radical (unpaired) electrons. The highest BCUT2D eigenvalue weighted by Crippen LogP contribution is 2.33. The zero-order valence-corrected chi connectivity index (χ0v) is 16.9. The average molecular weight is 404 g/mol. The third kappa shape index (κ3) is 4.52. The van der Waals surface area contributed by atoms with E-state index in [1.165, 1.54) is 20.1 Å². The Morgan fingerprint density at radius 3 is 2.39 bits per heavy atom. The second-order valence-corrected chi connectivity index (χ2v) is 9.02. The third-order valence-electron chi connectivity index (χ3n) is 4.59. The zero-order chi connectivity index (χ0) is 20.4. The molecule has 0 aromatic heterocycles. The highest BCUT2D eigenvalue weighted by Gasteiger charge is 2.34. The summed E-state index contributed by atoms with van der Waals surface area (Å²) in [6, 6.07) is 12.0. The first-order valence-electron chi connectivity index (χ1n) is 8.86. The van der Waals surface area contributed by atoms with Gasteiger partial charge in [0, 0.05) is 36.2 Å². The minimum Gasteiger partial charge on any atom is -0.496 e. The molecule has 8 heteroatoms. The highest BCUT2D eigenvalue weighted by atomic mass is 32.2. The molecule has 0 bridgehead atoms. The van der Waals surface area contributed by atoms with Crippen molar-refractivity contribution in [3.8, 4) is 16.9 Å². The maximum absolute atomic E-state index is 12.6. The summed E-state index contributed by atoms with van der Waals surface area (Å²) in [7, 11) is -2.15. The molecule has 1 amide bonds. The Morgan fingerprint density at radius 2 is 1.86 bits per heavy atom. The molecule has 1 saturated heterocycles. The lowest BCUT2D eigenvalue weighted by Crippen LogP contribution is -2.48. The number of benzene rings is 2. The summed E-state index contributed by atoms with van der Waals surface area (Å²) in [5.74, 6) is 0.308. The molecule has 2 aromatic rings. The molecule has 3 rings (SSSR count). The molecule has 150 valence electrons. The summed E-state index contributed by atoms with van der Waals surface area (Å²) < 4.78 is 38.5. The van der Waals surface area contributed by atoms with Crippen molar-refractivity contribution >= 4 is 21.6 Å². The molecule has 2 N–H and O–H groups in total. The van der Waals surface area contributed by atoms with Gasteiger partial charge >= 0.3 is 0 Å². The summed E-state index contributed by atoms with van der Waals surface area (Å²) in [6.07, 6.45) is 0. The Morgan fingerprint density at radius 1 is 1.18 bits per heavy atom. The fourth-order valence-electron chi connectivity index (χ4n) is 2.92. The topological polar surface area (TPSA) is 93.7 Å². The maximum atomic E-state index is 12.6. The minimum absolute atomic E-state index is 0.144. The van der Waals surface area contributed by atoms with Crippen LogP contribution in [0.15, 0.2) is 47.4 Å². The third-order valence-corrected chi connectivity index (χ3v) is 5.99. The lowest BCUT2D eigenvalue weighted by Gasteiger charge is -2.37. The summed E-state index contributed by atoms with van der Waals surface area (Å²) in [4.78, 5) is 11.3. The Balaban J connectivity index is 1.82. The SMILES string of the molecule is COc1cc(S(=O)(=O)NCC2(C)COC2)ccc1-c1ccc(NC(C)=O)cc1. The van der Waals surface area contributed by atoms with Gasteiger partial charge in [0.05, 0.1) is 25.2 Å². The van der Waals surface area contributed by atoms with Gasteiger partial charge in [-0.3, -0.25) is 4.79 Å². The van der Waals surface area contributed by atoms with E-state index in [-0.39, 0.29) is 16.2 Å². The Bertz CT molecular complexity index is 967. The summed E-state index contributed by atoms with van der Waals surface area (Å²) in [5.41, 5.74) is 2.14. The van der Waals surface area contributed by atoms with E-state index in [2.05, 4.69) is 10.0 Å². The minimum atomic E-state index is -3.65. The largest absolute Gasteiger partial charge is 0.496 e. The second-order valence-electron chi connectivity index (χ2n) is 7.25. The van der Waals surface area contributed by atoms with E-state index in [9.17, 15) is 13.2 Å². The van der Waals surface area contributed by atoms with Crippen molar-refractivity contribution in [3.05, 3.63) is 42.5 Å². The van der Waals surface area contributed by atoms with E-state index in [0.717, 1.165) is 11.1 Å². The number of methoxy groups -OCH3 is 1. The van der Waals surface area contributed by atoms with E-state index >= 15 is 0 Å². The quantitative estimate of drug-likeness (QED) is 0.740. The molecule has 1 aliphatic rings. The smallest absolute Gasteiger partial charge is 0.240 e. The number of sulfonamides is 1. The number of amides is 1. The van der Waals surface area contributed by atoms with Crippen LogP contribution in [0.1, 0.15) is 13.8 Å². The predicted molar refractivity (Wildman–Crippen MR) is 107 cm³/mol. The van der Waals surface area contributed by atoms with Gasteiger partial charge in [-0.15, -0.1) is 0 Å². The fourth-order valence-corrected chi connectivity index (χ4v) is 4.13. The van der Waals surface area contributed by atoms with Crippen molar-refractivity contribution in [1.82, 2.24) is 4.72 Å². The number of anilines is 1. The van der Waals surface area contributed by atoms with Gasteiger partial charge in [-0.05, 0) is 29.8 Å². The van der Waals surface area contributed by atoms with Crippen LogP contribution in [0.5, 0.6) is 5.75 Å². The van der Waals surface area contributed by atoms with Gasteiger partial charge in [-0.2, -0.15) is 0 Å². The van der Waals surface area contributed by atoms with Crippen LogP contribution in [0.25, 0.3) is 11.1 Å². The number of nitrogens with one attached hydrogen (secondary N) is 2. The Labute approximate surface area is 165 Å². The van der Waals surface area contributed by atoms with E-state index in [0.29, 0.717) is 31.2 Å². The van der Waals surface area contributed by atoms with Crippen LogP contribution in [-0.4, -0.2) is 41.2 Å². The molecule has 0 atom stereocenters. The van der Waals surface area contributed by atoms with Crippen LogP contribution in [0.2, 0.25) is 0 Å². The molecule has 1 heterocycles. The Hall–Kier alpha value is -2.42. The van der Waals surface area contributed by atoms with Gasteiger partial charge in [0.2, 0.25) is 15.9 Å². The molecule has 0 unspecified atom stereocenters. The lowest BCUT2D eigenvalue weighted by atomic mass is 9.89. The van der Waals surface area contributed by atoms with Crippen molar-refractivity contribution in [1.29, 1.82) is 0 Å². The second kappa shape index (κ2) is 7.90. The lowest BCUT2D eigenvalue weighted by molar-refractivity contribution is -0.114. The predicted octanol–water partition coefficient (Wildman–Crippen LogP) is 2.64. The fraction of sp³-hybridized carbons (Fsp3) is 0.350. The van der Waals surface area contributed by atoms with Gasteiger partial charge in [0.25, 0.3) is 0 Å². The number of carbonyl (C=O) groups excluding carboxylic acids is 1. The van der Waals surface area contributed by atoms with Crippen LogP contribution in [0, 0.1) is 5.41 Å². The number of hydrogen-bond acceptors (Lipinski definition) is 5. The summed E-state index contributed by atoms with van der Waals surface area (Å²) in [5, 5.41) is 2.71. The number of ether oxygens (including phenoxy) is 2. The molecule has 7 nitrogen and oxygen atoms in total. The van der Waals surface area contributed by atoms with Crippen LogP contribution in [0.4, 0.5) is 5.69 Å². The van der Waals surface area contributed by atoms with Crippen molar-refractivity contribution in [2.24, 2.45) is 5.41 Å². The molecule has 1 fully saturated rings. The number of hydrogen-bond donors (Lipinski definition) is 2. The van der Waals surface area contributed by atoms with E-state index in [1.807, 2.05) is 19.1 Å². The number of rotatable bonds is 7. The van der Waals surface area contributed by atoms with Crippen molar-refractivity contribution in [2.75, 3.05) is 32.2 Å². The van der Waals surface area contributed by atoms with Crippen molar-refractivity contribution in [3.63, 3.8) is 0 Å². The molecular formula is C20H24N2O5S. The highest BCUT2D eigenvalue weighted by molar-refractivity contribution is 7.89. The molecule has 28 heavy (non-hydrogen) atoms. The number of carbonyl (C=O) groups is 1. The normalized spacial score (nSPS) is 15.5. The standard InChI is InChI=1S/C20H24N2O5S/c1-14(23)22-16-6-4-15(5-7-16)18-9-8-17(10-19(18)26-3)28(24,25)21-11-20(2)12-27-13-20/h4-10,21H,11-13H2,1-3H3,(H,22,23). The van der Waals surface area contributed by atoms with E-state index in [4.69, 9.17) is 9.47 Å². The zero-order valence-electron chi connectivity index (χ0n) is 16.1. The van der Waals surface area contributed by atoms with Gasteiger partial charge in [0.15, 0.2) is 0 Å². The van der Waals surface area contributed by atoms with E-state index < -0.39 is 10.0 Å². The van der Waals surface area contributed by atoms with Crippen molar-refractivity contribution < 1.29 is 22.7 Å².